The minimum atomic E-state index is 0. The maximum Gasteiger partial charge on any atom is 0.194 e. The van der Waals surface area contributed by atoms with E-state index in [0.717, 1.165) is 56.2 Å². The van der Waals surface area contributed by atoms with Crippen molar-refractivity contribution >= 4 is 45.9 Å². The van der Waals surface area contributed by atoms with Crippen LogP contribution in [0.25, 0.3) is 0 Å². The number of aliphatic imine (C=N–C) groups is 1. The summed E-state index contributed by atoms with van der Waals surface area (Å²) in [6, 6.07) is 2.63. The van der Waals surface area contributed by atoms with Gasteiger partial charge in [-0.15, -0.1) is 24.0 Å². The van der Waals surface area contributed by atoms with Crippen molar-refractivity contribution in [1.82, 2.24) is 24.6 Å². The molecule has 1 N–H and O–H groups in total. The minimum Gasteiger partial charge on any atom is -0.357 e. The number of guanidine groups is 1. The van der Waals surface area contributed by atoms with E-state index in [4.69, 9.17) is 4.99 Å². The first-order valence-electron chi connectivity index (χ1n) is 9.13. The highest BCUT2D eigenvalue weighted by Gasteiger charge is 2.19. The molecule has 2 heterocycles. The third kappa shape index (κ3) is 7.01. The number of hydrogen-bond acceptors (Lipinski definition) is 3. The molecule has 1 atom stereocenters. The van der Waals surface area contributed by atoms with E-state index >= 15 is 0 Å². The van der Waals surface area contributed by atoms with Gasteiger partial charge in [0, 0.05) is 69.2 Å². The van der Waals surface area contributed by atoms with E-state index in [2.05, 4.69) is 87.8 Å². The van der Waals surface area contributed by atoms with Crippen molar-refractivity contribution < 1.29 is 0 Å². The average Bonchev–Trinajstić information content (AvgIpc) is 2.89. The molecule has 1 fully saturated rings. The Labute approximate surface area is 184 Å². The van der Waals surface area contributed by atoms with E-state index in [-0.39, 0.29) is 24.0 Å². The summed E-state index contributed by atoms with van der Waals surface area (Å²) in [4.78, 5) is 12.0. The zero-order valence-corrected chi connectivity index (χ0v) is 20.6. The molecule has 1 aliphatic rings. The van der Waals surface area contributed by atoms with Crippen LogP contribution < -0.4 is 5.32 Å². The summed E-state index contributed by atoms with van der Waals surface area (Å²) in [5, 5.41) is 3.42. The van der Waals surface area contributed by atoms with Gasteiger partial charge in [0.25, 0.3) is 0 Å². The summed E-state index contributed by atoms with van der Waals surface area (Å²) < 4.78 is 3.26. The van der Waals surface area contributed by atoms with Crippen LogP contribution in [0.2, 0.25) is 0 Å². The Morgan fingerprint density at radius 1 is 1.31 bits per heavy atom. The fourth-order valence-corrected chi connectivity index (χ4v) is 3.68. The summed E-state index contributed by atoms with van der Waals surface area (Å²) in [7, 11) is 6.37. The van der Waals surface area contributed by atoms with Crippen LogP contribution in [0.1, 0.15) is 19.5 Å². The molecule has 2 rings (SSSR count). The van der Waals surface area contributed by atoms with Gasteiger partial charge >= 0.3 is 0 Å². The van der Waals surface area contributed by atoms with Crippen LogP contribution in [-0.4, -0.2) is 84.6 Å². The van der Waals surface area contributed by atoms with Gasteiger partial charge in [-0.25, -0.2) is 0 Å². The second-order valence-electron chi connectivity index (χ2n) is 7.00. The molecule has 1 unspecified atom stereocenters. The van der Waals surface area contributed by atoms with Gasteiger partial charge in [0.05, 0.1) is 13.1 Å². The van der Waals surface area contributed by atoms with Crippen molar-refractivity contribution in [1.29, 1.82) is 0 Å². The van der Waals surface area contributed by atoms with E-state index in [0.29, 0.717) is 6.04 Å². The van der Waals surface area contributed by atoms with E-state index in [1.54, 1.807) is 0 Å². The Morgan fingerprint density at radius 3 is 2.50 bits per heavy atom. The molecule has 1 aliphatic heterocycles. The Bertz CT molecular complexity index is 568. The van der Waals surface area contributed by atoms with E-state index in [1.165, 1.54) is 5.69 Å². The zero-order valence-electron chi connectivity index (χ0n) is 16.7. The molecule has 0 saturated carbocycles. The maximum absolute atomic E-state index is 4.90. The second kappa shape index (κ2) is 11.5. The highest BCUT2D eigenvalue weighted by atomic mass is 127. The number of nitrogens with one attached hydrogen (secondary N) is 1. The van der Waals surface area contributed by atoms with Crippen LogP contribution in [0.3, 0.4) is 0 Å². The largest absolute Gasteiger partial charge is 0.357 e. The second-order valence-corrected chi connectivity index (χ2v) is 7.92. The van der Waals surface area contributed by atoms with Gasteiger partial charge < -0.3 is 19.7 Å². The molecule has 1 saturated heterocycles. The van der Waals surface area contributed by atoms with Crippen molar-refractivity contribution in [3.63, 3.8) is 0 Å². The van der Waals surface area contributed by atoms with Crippen molar-refractivity contribution in [2.45, 2.75) is 26.4 Å². The molecule has 0 aliphatic carbocycles. The SMILES string of the molecule is CCNC(=NCC(C)N1CCN(C)CC1)N(C)Cc1cc(Br)cn1C.I. The number of nitrogens with zero attached hydrogens (tertiary/aromatic N) is 5. The van der Waals surface area contributed by atoms with Crippen molar-refractivity contribution in [3.05, 3.63) is 22.4 Å². The topological polar surface area (TPSA) is 39.0 Å². The predicted octanol–water partition coefficient (Wildman–Crippen LogP) is 2.44. The van der Waals surface area contributed by atoms with Crippen LogP contribution >= 0.6 is 39.9 Å². The van der Waals surface area contributed by atoms with Gasteiger partial charge in [-0.1, -0.05) is 0 Å². The van der Waals surface area contributed by atoms with Crippen molar-refractivity contribution in [2.75, 3.05) is 53.4 Å². The predicted molar refractivity (Wildman–Crippen MR) is 125 cm³/mol. The van der Waals surface area contributed by atoms with E-state index < -0.39 is 0 Å². The lowest BCUT2D eigenvalue weighted by Crippen LogP contribution is -2.49. The summed E-state index contributed by atoms with van der Waals surface area (Å²) in [5.41, 5.74) is 1.26. The summed E-state index contributed by atoms with van der Waals surface area (Å²) in [6.45, 7) is 11.5. The van der Waals surface area contributed by atoms with Crippen LogP contribution in [0.4, 0.5) is 0 Å². The third-order valence-electron chi connectivity index (χ3n) is 4.84. The van der Waals surface area contributed by atoms with Gasteiger partial charge in [0.2, 0.25) is 0 Å². The first-order chi connectivity index (χ1) is 11.9. The third-order valence-corrected chi connectivity index (χ3v) is 5.27. The number of rotatable bonds is 6. The molecule has 1 aromatic rings. The molecule has 150 valence electrons. The summed E-state index contributed by atoms with van der Waals surface area (Å²) in [6.07, 6.45) is 2.09. The Morgan fingerprint density at radius 2 is 1.96 bits per heavy atom. The minimum absolute atomic E-state index is 0. The molecule has 0 aromatic carbocycles. The Hall–Kier alpha value is -0.320. The molecular weight excluding hydrogens is 507 g/mol. The molecule has 1 aromatic heterocycles. The lowest BCUT2D eigenvalue weighted by molar-refractivity contribution is 0.122. The Balaban J connectivity index is 0.00000338. The van der Waals surface area contributed by atoms with Gasteiger partial charge in [0.1, 0.15) is 0 Å². The standard InChI is InChI=1S/C18H33BrN6.HI/c1-6-20-18(24(5)14-17-11-16(19)13-23(17)4)21-12-15(2)25-9-7-22(3)8-10-25;/h11,13,15H,6-10,12,14H2,1-5H3,(H,20,21);1H. The van der Waals surface area contributed by atoms with Crippen molar-refractivity contribution in [2.24, 2.45) is 12.0 Å². The van der Waals surface area contributed by atoms with E-state index in [9.17, 15) is 0 Å². The number of aromatic nitrogens is 1. The summed E-state index contributed by atoms with van der Waals surface area (Å²) in [5.74, 6) is 0.973. The average molecular weight is 541 g/mol. The lowest BCUT2D eigenvalue weighted by Gasteiger charge is -2.36. The van der Waals surface area contributed by atoms with Crippen LogP contribution in [0.5, 0.6) is 0 Å². The molecule has 0 spiro atoms. The number of hydrogen-bond donors (Lipinski definition) is 1. The van der Waals surface area contributed by atoms with Gasteiger partial charge in [-0.05, 0) is 42.9 Å². The fraction of sp³-hybridized carbons (Fsp3) is 0.722. The normalized spacial score (nSPS) is 17.7. The first-order valence-corrected chi connectivity index (χ1v) is 9.92. The Kier molecular flexibility index (Phi) is 10.5. The van der Waals surface area contributed by atoms with Gasteiger partial charge in [0.15, 0.2) is 5.96 Å². The molecule has 26 heavy (non-hydrogen) atoms. The zero-order chi connectivity index (χ0) is 18.4. The quantitative estimate of drug-likeness (QED) is 0.342. The van der Waals surface area contributed by atoms with Crippen LogP contribution in [-0.2, 0) is 13.6 Å². The molecular formula is C18H34BrIN6. The van der Waals surface area contributed by atoms with Crippen molar-refractivity contribution in [3.8, 4) is 0 Å². The number of likely N-dealkylation sites (N-methyl/N-ethyl adjacent to an activating group) is 1. The monoisotopic (exact) mass is 540 g/mol. The molecule has 0 radical (unpaired) electrons. The highest BCUT2D eigenvalue weighted by Crippen LogP contribution is 2.15. The van der Waals surface area contributed by atoms with Crippen LogP contribution in [0.15, 0.2) is 21.7 Å². The summed E-state index contributed by atoms with van der Waals surface area (Å²) >= 11 is 3.54. The lowest BCUT2D eigenvalue weighted by atomic mass is 10.2. The highest BCUT2D eigenvalue weighted by molar-refractivity contribution is 14.0. The smallest absolute Gasteiger partial charge is 0.194 e. The fourth-order valence-electron chi connectivity index (χ4n) is 3.11. The molecule has 0 amide bonds. The molecule has 8 heteroatoms. The number of aryl methyl sites for hydroxylation is 1. The van der Waals surface area contributed by atoms with Gasteiger partial charge in [-0.2, -0.15) is 0 Å². The van der Waals surface area contributed by atoms with Gasteiger partial charge in [-0.3, -0.25) is 9.89 Å². The van der Waals surface area contributed by atoms with Crippen LogP contribution in [0, 0.1) is 0 Å². The van der Waals surface area contributed by atoms with E-state index in [1.807, 2.05) is 0 Å². The molecule has 6 nitrogen and oxygen atoms in total. The maximum atomic E-state index is 4.90. The molecule has 0 bridgehead atoms. The number of piperazine rings is 1. The number of halogens is 2. The first kappa shape index (κ1) is 23.7.